The van der Waals surface area contributed by atoms with Gasteiger partial charge < -0.3 is 4.90 Å². The summed E-state index contributed by atoms with van der Waals surface area (Å²) in [6.07, 6.45) is 6.70. The first-order chi connectivity index (χ1) is 17.7. The maximum atomic E-state index is 9.93. The summed E-state index contributed by atoms with van der Waals surface area (Å²) in [6, 6.07) is 21.0. The van der Waals surface area contributed by atoms with E-state index in [0.29, 0.717) is 11.3 Å². The number of benzene rings is 4. The number of nitrogens with zero attached hydrogens (tertiary/aromatic N) is 3. The van der Waals surface area contributed by atoms with Crippen LogP contribution in [-0.4, -0.2) is 13.1 Å². The third kappa shape index (κ3) is 3.61. The van der Waals surface area contributed by atoms with Crippen LogP contribution < -0.4 is 4.90 Å². The zero-order chi connectivity index (χ0) is 25.9. The number of nitriles is 1. The normalized spacial score (nSPS) is 17.5. The molecule has 0 aromatic heterocycles. The Morgan fingerprint density at radius 1 is 0.811 bits per heavy atom. The quantitative estimate of drug-likeness (QED) is 0.163. The van der Waals surface area contributed by atoms with Gasteiger partial charge in [0, 0.05) is 18.8 Å². The molecule has 4 aromatic rings. The van der Waals surface area contributed by atoms with Crippen molar-refractivity contribution in [3.63, 3.8) is 0 Å². The van der Waals surface area contributed by atoms with E-state index in [1.165, 1.54) is 35.2 Å². The van der Waals surface area contributed by atoms with Crippen molar-refractivity contribution in [2.24, 2.45) is 0 Å². The summed E-state index contributed by atoms with van der Waals surface area (Å²) < 4.78 is 0. The van der Waals surface area contributed by atoms with Gasteiger partial charge in [-0.05, 0) is 79.6 Å². The van der Waals surface area contributed by atoms with Crippen molar-refractivity contribution in [1.29, 1.82) is 5.26 Å². The van der Waals surface area contributed by atoms with Crippen molar-refractivity contribution >= 4 is 45.1 Å². The van der Waals surface area contributed by atoms with Crippen LogP contribution in [0.5, 0.6) is 0 Å². The summed E-state index contributed by atoms with van der Waals surface area (Å²) in [6.45, 7) is 19.7. The Morgan fingerprint density at radius 3 is 2.03 bits per heavy atom. The molecule has 0 amide bonds. The van der Waals surface area contributed by atoms with Gasteiger partial charge in [-0.3, -0.25) is 0 Å². The first-order valence-electron chi connectivity index (χ1n) is 13.1. The number of hydrogen-bond donors (Lipinski definition) is 0. The van der Waals surface area contributed by atoms with E-state index in [-0.39, 0.29) is 10.8 Å². The van der Waals surface area contributed by atoms with Crippen molar-refractivity contribution in [2.45, 2.75) is 51.4 Å². The molecule has 2 aliphatic rings. The minimum atomic E-state index is 0.153. The van der Waals surface area contributed by atoms with Gasteiger partial charge >= 0.3 is 0 Å². The van der Waals surface area contributed by atoms with E-state index in [4.69, 9.17) is 6.57 Å². The Bertz CT molecular complexity index is 1660. The average molecular weight is 482 g/mol. The fourth-order valence-electron chi connectivity index (χ4n) is 6.27. The second kappa shape index (κ2) is 8.22. The Balaban J connectivity index is 1.49. The van der Waals surface area contributed by atoms with E-state index in [0.717, 1.165) is 40.2 Å². The van der Waals surface area contributed by atoms with Crippen LogP contribution in [-0.2, 0) is 10.8 Å². The molecule has 0 spiro atoms. The molecule has 0 unspecified atom stereocenters. The zero-order valence-corrected chi connectivity index (χ0v) is 22.0. The molecule has 4 aromatic carbocycles. The molecule has 3 nitrogen and oxygen atoms in total. The predicted octanol–water partition coefficient (Wildman–Crippen LogP) is 8.75. The molecule has 2 aliphatic heterocycles. The molecule has 0 saturated heterocycles. The molecule has 0 fully saturated rings. The van der Waals surface area contributed by atoms with Crippen molar-refractivity contribution in [2.75, 3.05) is 18.0 Å². The van der Waals surface area contributed by atoms with E-state index < -0.39 is 0 Å². The highest BCUT2D eigenvalue weighted by atomic mass is 15.2. The number of fused-ring (bicyclic) bond motifs is 2. The van der Waals surface area contributed by atoms with Gasteiger partial charge in [-0.1, -0.05) is 82.3 Å². The molecular weight excluding hydrogens is 450 g/mol. The van der Waals surface area contributed by atoms with E-state index in [1.54, 1.807) is 0 Å². The predicted molar refractivity (Wildman–Crippen MR) is 155 cm³/mol. The number of rotatable bonds is 2. The molecule has 3 heteroatoms. The summed E-state index contributed by atoms with van der Waals surface area (Å²) >= 11 is 0. The Hall–Kier alpha value is -4.08. The maximum Gasteiger partial charge on any atom is 0.202 e. The minimum absolute atomic E-state index is 0.153. The van der Waals surface area contributed by atoms with Gasteiger partial charge in [0.2, 0.25) is 5.69 Å². The lowest BCUT2D eigenvalue weighted by atomic mass is 9.69. The van der Waals surface area contributed by atoms with Crippen LogP contribution in [0.3, 0.4) is 0 Å². The van der Waals surface area contributed by atoms with E-state index >= 15 is 0 Å². The molecule has 182 valence electrons. The smallest absolute Gasteiger partial charge is 0.202 e. The molecule has 0 saturated carbocycles. The summed E-state index contributed by atoms with van der Waals surface area (Å²) in [7, 11) is 0. The first kappa shape index (κ1) is 23.3. The third-order valence-electron chi connectivity index (χ3n) is 8.63. The zero-order valence-electron chi connectivity index (χ0n) is 22.0. The van der Waals surface area contributed by atoms with Gasteiger partial charge in [0.1, 0.15) is 6.07 Å². The Morgan fingerprint density at radius 2 is 1.41 bits per heavy atom. The summed E-state index contributed by atoms with van der Waals surface area (Å²) in [5.41, 5.74) is 8.19. The van der Waals surface area contributed by atoms with E-state index in [9.17, 15) is 5.26 Å². The molecule has 0 radical (unpaired) electrons. The highest BCUT2D eigenvalue weighted by molar-refractivity contribution is 6.15. The van der Waals surface area contributed by atoms with Crippen LogP contribution in [0, 0.1) is 17.9 Å². The maximum absolute atomic E-state index is 9.93. The topological polar surface area (TPSA) is 31.4 Å². The van der Waals surface area contributed by atoms with E-state index in [2.05, 4.69) is 79.9 Å². The molecule has 37 heavy (non-hydrogen) atoms. The van der Waals surface area contributed by atoms with Crippen LogP contribution in [0.4, 0.5) is 11.4 Å². The van der Waals surface area contributed by atoms with Crippen LogP contribution in [0.1, 0.15) is 68.4 Å². The Labute approximate surface area is 219 Å². The summed E-state index contributed by atoms with van der Waals surface area (Å²) in [5.74, 6) is 0. The van der Waals surface area contributed by atoms with Crippen molar-refractivity contribution < 1.29 is 0 Å². The van der Waals surface area contributed by atoms with Gasteiger partial charge in [-0.25, -0.2) is 4.85 Å². The van der Waals surface area contributed by atoms with Crippen molar-refractivity contribution in [3.05, 3.63) is 93.8 Å². The van der Waals surface area contributed by atoms with Crippen molar-refractivity contribution in [1.82, 2.24) is 0 Å². The lowest BCUT2D eigenvalue weighted by Gasteiger charge is -2.48. The second-order valence-corrected chi connectivity index (χ2v) is 11.9. The molecule has 6 rings (SSSR count). The fourth-order valence-corrected chi connectivity index (χ4v) is 6.27. The summed E-state index contributed by atoms with van der Waals surface area (Å²) in [4.78, 5) is 6.49. The van der Waals surface area contributed by atoms with Gasteiger partial charge in [0.05, 0.1) is 12.1 Å². The lowest BCUT2D eigenvalue weighted by Crippen LogP contribution is -2.44. The second-order valence-electron chi connectivity index (χ2n) is 11.9. The molecular formula is C34H31N3. The highest BCUT2D eigenvalue weighted by Crippen LogP contribution is 2.49. The summed E-state index contributed by atoms with van der Waals surface area (Å²) in [5, 5.41) is 13.3. The molecule has 0 atom stereocenters. The first-order valence-corrected chi connectivity index (χ1v) is 13.1. The van der Waals surface area contributed by atoms with Gasteiger partial charge in [0.25, 0.3) is 0 Å². The van der Waals surface area contributed by atoms with E-state index in [1.807, 2.05) is 30.3 Å². The van der Waals surface area contributed by atoms with Gasteiger partial charge in [0.15, 0.2) is 0 Å². The van der Waals surface area contributed by atoms with Crippen LogP contribution >= 0.6 is 0 Å². The van der Waals surface area contributed by atoms with Gasteiger partial charge in [-0.2, -0.15) is 5.26 Å². The average Bonchev–Trinajstić information content (AvgIpc) is 2.89. The molecule has 0 bridgehead atoms. The molecule has 2 heterocycles. The molecule has 0 aliphatic carbocycles. The Kier molecular flexibility index (Phi) is 5.18. The minimum Gasteiger partial charge on any atom is -0.371 e. The SMILES string of the molecule is [C-]#[N+]c1c2ccccc2c(C#N)c2ccc(C=Cc3cc4c5c(c3)C(C)(C)CCN5CCC4(C)C)cc12. The largest absolute Gasteiger partial charge is 0.371 e. The monoisotopic (exact) mass is 481 g/mol. The van der Waals surface area contributed by atoms with Gasteiger partial charge in [-0.15, -0.1) is 0 Å². The fraction of sp³-hybridized carbons (Fsp3) is 0.294. The van der Waals surface area contributed by atoms with Crippen LogP contribution in [0.25, 0.3) is 38.5 Å². The van der Waals surface area contributed by atoms with Crippen LogP contribution in [0.15, 0.2) is 54.6 Å². The standard InChI is InChI=1S/C34H31N3/c1-33(2)14-16-37-17-15-34(3,4)30-20-23(19-29(33)32(30)37)11-10-22-12-13-25-27(18-22)31(36-5)26-9-7-6-8-24(26)28(25)21-35/h6-13,18-20H,14-17H2,1-4H3. The molecule has 0 N–H and O–H groups in total. The highest BCUT2D eigenvalue weighted by Gasteiger charge is 2.39. The van der Waals surface area contributed by atoms with Crippen molar-refractivity contribution in [3.8, 4) is 6.07 Å². The lowest BCUT2D eigenvalue weighted by molar-refractivity contribution is 0.401. The number of anilines is 1. The third-order valence-corrected chi connectivity index (χ3v) is 8.63. The number of hydrogen-bond acceptors (Lipinski definition) is 2. The van der Waals surface area contributed by atoms with Crippen LogP contribution in [0.2, 0.25) is 0 Å².